The maximum absolute atomic E-state index is 11.4. The fourth-order valence-corrected chi connectivity index (χ4v) is 2.61. The number of fused-ring (bicyclic) bond motifs is 1. The number of thiocyanates is 1. The fourth-order valence-electron chi connectivity index (χ4n) is 2.20. The van der Waals surface area contributed by atoms with E-state index in [-0.39, 0.29) is 11.5 Å². The second-order valence-corrected chi connectivity index (χ2v) is 5.76. The molecular formula is C18H13N3O3S. The van der Waals surface area contributed by atoms with Gasteiger partial charge in [-0.05, 0) is 42.1 Å². The van der Waals surface area contributed by atoms with Gasteiger partial charge >= 0.3 is 0 Å². The van der Waals surface area contributed by atoms with Crippen LogP contribution >= 0.6 is 11.8 Å². The van der Waals surface area contributed by atoms with Gasteiger partial charge in [0.1, 0.15) is 16.7 Å². The minimum atomic E-state index is 0.235. The highest BCUT2D eigenvalue weighted by Crippen LogP contribution is 2.30. The Balaban J connectivity index is 1.88. The summed E-state index contributed by atoms with van der Waals surface area (Å²) in [7, 11) is 1.53. The molecule has 0 aliphatic heterocycles. The Kier molecular flexibility index (Phi) is 5.02. The highest BCUT2D eigenvalue weighted by Gasteiger charge is 2.11. The number of allylic oxidation sites excluding steroid dienone is 1. The molecule has 0 aliphatic carbocycles. The number of benzene rings is 2. The van der Waals surface area contributed by atoms with Crippen LogP contribution in [0.15, 0.2) is 58.0 Å². The van der Waals surface area contributed by atoms with Gasteiger partial charge < -0.3 is 14.5 Å². The number of carbonyl (C=O) groups is 1. The van der Waals surface area contributed by atoms with E-state index in [1.54, 1.807) is 24.3 Å². The molecule has 0 fully saturated rings. The second kappa shape index (κ2) is 7.55. The molecule has 0 saturated carbocycles. The molecule has 3 aromatic rings. The van der Waals surface area contributed by atoms with Crippen molar-refractivity contribution in [1.29, 1.82) is 5.26 Å². The van der Waals surface area contributed by atoms with Crippen molar-refractivity contribution in [3.05, 3.63) is 54.6 Å². The summed E-state index contributed by atoms with van der Waals surface area (Å²) >= 11 is 1.04. The summed E-state index contributed by atoms with van der Waals surface area (Å²) in [6, 6.07) is 12.6. The number of para-hydroxylation sites is 2. The van der Waals surface area contributed by atoms with Crippen molar-refractivity contribution in [2.75, 3.05) is 12.4 Å². The molecule has 0 spiro atoms. The summed E-state index contributed by atoms with van der Waals surface area (Å²) in [4.78, 5) is 16.5. The molecule has 0 unspecified atom stereocenters. The largest absolute Gasteiger partial charge is 0.495 e. The molecule has 6 nitrogen and oxygen atoms in total. The lowest BCUT2D eigenvalue weighted by atomic mass is 10.2. The quantitative estimate of drug-likeness (QED) is 0.310. The molecule has 124 valence electrons. The summed E-state index contributed by atoms with van der Waals surface area (Å²) < 4.78 is 10.9. The zero-order valence-corrected chi connectivity index (χ0v) is 14.0. The van der Waals surface area contributed by atoms with Crippen molar-refractivity contribution in [3.8, 4) is 11.2 Å². The topological polar surface area (TPSA) is 88.1 Å². The number of oxazole rings is 1. The summed E-state index contributed by atoms with van der Waals surface area (Å²) in [6.45, 7) is 0. The number of aromatic nitrogens is 1. The van der Waals surface area contributed by atoms with Gasteiger partial charge in [0.15, 0.2) is 11.9 Å². The van der Waals surface area contributed by atoms with E-state index in [4.69, 9.17) is 14.4 Å². The van der Waals surface area contributed by atoms with Gasteiger partial charge in [-0.25, -0.2) is 4.98 Å². The first-order valence-electron chi connectivity index (χ1n) is 7.27. The number of thioether (sulfide) groups is 1. The van der Waals surface area contributed by atoms with Crippen LogP contribution in [-0.2, 0) is 4.79 Å². The van der Waals surface area contributed by atoms with Crippen molar-refractivity contribution >= 4 is 40.4 Å². The van der Waals surface area contributed by atoms with Crippen molar-refractivity contribution in [2.45, 2.75) is 4.90 Å². The molecule has 0 aliphatic rings. The number of methoxy groups -OCH3 is 1. The summed E-state index contributed by atoms with van der Waals surface area (Å²) in [6.07, 6.45) is 2.18. The second-order valence-electron chi connectivity index (χ2n) is 4.90. The first-order valence-corrected chi connectivity index (χ1v) is 8.08. The number of ether oxygens (including phenoxy) is 1. The number of hydrogen-bond donors (Lipinski definition) is 1. The Morgan fingerprint density at radius 2 is 2.20 bits per heavy atom. The van der Waals surface area contributed by atoms with Crippen LogP contribution in [0.5, 0.6) is 5.75 Å². The first-order chi connectivity index (χ1) is 12.2. The Bertz CT molecular complexity index is 956. The normalized spacial score (nSPS) is 11.1. The molecule has 1 N–H and O–H groups in total. The van der Waals surface area contributed by atoms with Gasteiger partial charge in [0.2, 0.25) is 5.89 Å². The van der Waals surface area contributed by atoms with Crippen LogP contribution in [0.25, 0.3) is 16.7 Å². The average Bonchev–Trinajstić information content (AvgIpc) is 3.07. The van der Waals surface area contributed by atoms with E-state index in [1.807, 2.05) is 23.6 Å². The molecule has 0 radical (unpaired) electrons. The van der Waals surface area contributed by atoms with E-state index in [0.717, 1.165) is 16.7 Å². The van der Waals surface area contributed by atoms with Crippen LogP contribution < -0.4 is 10.1 Å². The number of rotatable bonds is 6. The van der Waals surface area contributed by atoms with Gasteiger partial charge in [-0.1, -0.05) is 12.1 Å². The predicted molar refractivity (Wildman–Crippen MR) is 96.1 cm³/mol. The molecule has 25 heavy (non-hydrogen) atoms. The molecule has 0 atom stereocenters. The van der Waals surface area contributed by atoms with Crippen LogP contribution in [0.3, 0.4) is 0 Å². The standard InChI is InChI=1S/C18H13N3O3S/c1-23-17-8-13(25-11-19)6-7-14(17)20-9-12(10-22)18-21-15-4-2-3-5-16(15)24-18/h2-10,20H,1H3/b12-9+. The van der Waals surface area contributed by atoms with E-state index >= 15 is 0 Å². The maximum atomic E-state index is 11.4. The van der Waals surface area contributed by atoms with Crippen LogP contribution in [0.4, 0.5) is 5.69 Å². The summed E-state index contributed by atoms with van der Waals surface area (Å²) in [5, 5.41) is 13.8. The molecular weight excluding hydrogens is 338 g/mol. The van der Waals surface area contributed by atoms with E-state index in [0.29, 0.717) is 28.8 Å². The molecule has 0 bridgehead atoms. The molecule has 2 aromatic carbocycles. The molecule has 3 rings (SSSR count). The molecule has 0 saturated heterocycles. The van der Waals surface area contributed by atoms with Crippen molar-refractivity contribution in [3.63, 3.8) is 0 Å². The molecule has 0 amide bonds. The number of anilines is 1. The third-order valence-corrected chi connectivity index (χ3v) is 3.97. The lowest BCUT2D eigenvalue weighted by molar-refractivity contribution is -0.103. The van der Waals surface area contributed by atoms with E-state index in [2.05, 4.69) is 10.3 Å². The van der Waals surface area contributed by atoms with Gasteiger partial charge in [0.05, 0.1) is 18.4 Å². The van der Waals surface area contributed by atoms with Gasteiger partial charge in [0.25, 0.3) is 0 Å². The average molecular weight is 351 g/mol. The zero-order valence-electron chi connectivity index (χ0n) is 13.2. The summed E-state index contributed by atoms with van der Waals surface area (Å²) in [5.74, 6) is 0.790. The van der Waals surface area contributed by atoms with Gasteiger partial charge in [-0.2, -0.15) is 5.26 Å². The molecule has 1 aromatic heterocycles. The monoisotopic (exact) mass is 351 g/mol. The van der Waals surface area contributed by atoms with Crippen LogP contribution in [0, 0.1) is 10.7 Å². The minimum Gasteiger partial charge on any atom is -0.495 e. The van der Waals surface area contributed by atoms with Gasteiger partial charge in [-0.3, -0.25) is 4.79 Å². The SMILES string of the molecule is COc1cc(SC#N)ccc1N/C=C(\C=O)c1nc2ccccc2o1. The third kappa shape index (κ3) is 3.65. The number of carbonyl (C=O) groups excluding carboxylic acids is 1. The Labute approximate surface area is 148 Å². The minimum absolute atomic E-state index is 0.235. The highest BCUT2D eigenvalue weighted by atomic mass is 32.2. The lowest BCUT2D eigenvalue weighted by Gasteiger charge is -2.09. The Hall–Kier alpha value is -3.24. The molecule has 1 heterocycles. The van der Waals surface area contributed by atoms with Crippen molar-refractivity contribution < 1.29 is 13.9 Å². The van der Waals surface area contributed by atoms with Crippen molar-refractivity contribution in [2.24, 2.45) is 0 Å². The Morgan fingerprint density at radius 1 is 1.36 bits per heavy atom. The maximum Gasteiger partial charge on any atom is 0.232 e. The predicted octanol–water partition coefficient (Wildman–Crippen LogP) is 4.06. The van der Waals surface area contributed by atoms with E-state index in [1.165, 1.54) is 13.3 Å². The summed E-state index contributed by atoms with van der Waals surface area (Å²) in [5.41, 5.74) is 2.22. The van der Waals surface area contributed by atoms with Gasteiger partial charge in [0, 0.05) is 11.1 Å². The fraction of sp³-hybridized carbons (Fsp3) is 0.0556. The zero-order chi connectivity index (χ0) is 17.6. The third-order valence-electron chi connectivity index (χ3n) is 3.39. The number of nitrogens with zero attached hydrogens (tertiary/aromatic N) is 2. The Morgan fingerprint density at radius 3 is 2.92 bits per heavy atom. The van der Waals surface area contributed by atoms with E-state index in [9.17, 15) is 4.79 Å². The van der Waals surface area contributed by atoms with Gasteiger partial charge in [-0.15, -0.1) is 0 Å². The highest BCUT2D eigenvalue weighted by molar-refractivity contribution is 8.03. The van der Waals surface area contributed by atoms with Crippen LogP contribution in [-0.4, -0.2) is 18.4 Å². The van der Waals surface area contributed by atoms with Crippen LogP contribution in [0.2, 0.25) is 0 Å². The van der Waals surface area contributed by atoms with Crippen molar-refractivity contribution in [1.82, 2.24) is 4.98 Å². The van der Waals surface area contributed by atoms with E-state index < -0.39 is 0 Å². The number of nitrogens with one attached hydrogen (secondary N) is 1. The first kappa shape index (κ1) is 16.6. The smallest absolute Gasteiger partial charge is 0.232 e. The molecule has 7 heteroatoms. The van der Waals surface area contributed by atoms with Crippen LogP contribution in [0.1, 0.15) is 5.89 Å². The number of hydrogen-bond acceptors (Lipinski definition) is 7. The number of aldehydes is 1. The number of nitriles is 1. The lowest BCUT2D eigenvalue weighted by Crippen LogP contribution is -1.96.